The van der Waals surface area contributed by atoms with Gasteiger partial charge in [0.1, 0.15) is 6.04 Å². The third-order valence-electron chi connectivity index (χ3n) is 1.85. The van der Waals surface area contributed by atoms with E-state index in [1.165, 1.54) is 0 Å². The largest absolute Gasteiger partial charge is 0.480 e. The molecule has 0 aliphatic rings. The molecule has 0 aromatic heterocycles. The third-order valence-corrected chi connectivity index (χ3v) is 1.85. The van der Waals surface area contributed by atoms with Gasteiger partial charge in [0.15, 0.2) is 0 Å². The number of unbranched alkanes of at least 4 members (excludes halogenated alkanes) is 1. The zero-order valence-corrected chi connectivity index (χ0v) is 8.25. The van der Waals surface area contributed by atoms with Crippen molar-refractivity contribution >= 4 is 5.97 Å². The van der Waals surface area contributed by atoms with Gasteiger partial charge in [-0.05, 0) is 25.8 Å². The molecule has 0 aromatic carbocycles. The van der Waals surface area contributed by atoms with Crippen molar-refractivity contribution in [2.45, 2.75) is 38.6 Å². The summed E-state index contributed by atoms with van der Waals surface area (Å²) in [5, 5.41) is 11.8. The van der Waals surface area contributed by atoms with E-state index in [9.17, 15) is 4.79 Å². The first-order valence-corrected chi connectivity index (χ1v) is 4.79. The molecule has 76 valence electrons. The standard InChI is InChI=1S/C10H19NO2/c1-3-5-6-8-11-9(7-4-2)10(12)13/h3,9,11H,1,4-8H2,2H3,(H,12,13). The highest BCUT2D eigenvalue weighted by Crippen LogP contribution is 1.97. The Morgan fingerprint density at radius 1 is 1.69 bits per heavy atom. The van der Waals surface area contributed by atoms with Crippen LogP contribution in [0.3, 0.4) is 0 Å². The van der Waals surface area contributed by atoms with Crippen molar-refractivity contribution in [1.82, 2.24) is 5.32 Å². The summed E-state index contributed by atoms with van der Waals surface area (Å²) in [7, 11) is 0. The molecule has 0 amide bonds. The SMILES string of the molecule is C=CCCCNC(CCC)C(=O)O. The summed E-state index contributed by atoms with van der Waals surface area (Å²) in [6.45, 7) is 6.35. The molecule has 1 atom stereocenters. The number of carboxylic acid groups (broad SMARTS) is 1. The van der Waals surface area contributed by atoms with E-state index in [0.29, 0.717) is 6.42 Å². The fraction of sp³-hybridized carbons (Fsp3) is 0.700. The smallest absolute Gasteiger partial charge is 0.320 e. The lowest BCUT2D eigenvalue weighted by Crippen LogP contribution is -2.36. The Hall–Kier alpha value is -0.830. The topological polar surface area (TPSA) is 49.3 Å². The second-order valence-electron chi connectivity index (χ2n) is 3.06. The summed E-state index contributed by atoms with van der Waals surface area (Å²) < 4.78 is 0. The fourth-order valence-electron chi connectivity index (χ4n) is 1.12. The number of aliphatic carboxylic acids is 1. The Labute approximate surface area is 79.8 Å². The van der Waals surface area contributed by atoms with Gasteiger partial charge >= 0.3 is 5.97 Å². The number of rotatable bonds is 8. The molecule has 13 heavy (non-hydrogen) atoms. The van der Waals surface area contributed by atoms with Gasteiger partial charge < -0.3 is 10.4 Å². The average Bonchev–Trinajstić information content (AvgIpc) is 2.10. The van der Waals surface area contributed by atoms with E-state index in [1.54, 1.807) is 0 Å². The monoisotopic (exact) mass is 185 g/mol. The first kappa shape index (κ1) is 12.2. The summed E-state index contributed by atoms with van der Waals surface area (Å²) >= 11 is 0. The molecule has 0 fully saturated rings. The summed E-state index contributed by atoms with van der Waals surface area (Å²) in [6, 6.07) is -0.380. The predicted molar refractivity (Wildman–Crippen MR) is 53.8 cm³/mol. The van der Waals surface area contributed by atoms with Crippen LogP contribution >= 0.6 is 0 Å². The van der Waals surface area contributed by atoms with Crippen molar-refractivity contribution in [3.8, 4) is 0 Å². The van der Waals surface area contributed by atoms with Crippen LogP contribution in [0, 0.1) is 0 Å². The maximum Gasteiger partial charge on any atom is 0.320 e. The molecule has 0 aromatic rings. The van der Waals surface area contributed by atoms with Gasteiger partial charge in [-0.3, -0.25) is 4.79 Å². The van der Waals surface area contributed by atoms with Gasteiger partial charge in [0.2, 0.25) is 0 Å². The number of carbonyl (C=O) groups is 1. The highest BCUT2D eigenvalue weighted by Gasteiger charge is 2.13. The lowest BCUT2D eigenvalue weighted by Gasteiger charge is -2.12. The Morgan fingerprint density at radius 2 is 2.38 bits per heavy atom. The molecule has 0 aliphatic heterocycles. The van der Waals surface area contributed by atoms with E-state index >= 15 is 0 Å². The van der Waals surface area contributed by atoms with Gasteiger partial charge in [-0.25, -0.2) is 0 Å². The first-order chi connectivity index (χ1) is 6.22. The molecule has 0 aliphatic carbocycles. The first-order valence-electron chi connectivity index (χ1n) is 4.79. The van der Waals surface area contributed by atoms with Crippen molar-refractivity contribution in [3.63, 3.8) is 0 Å². The van der Waals surface area contributed by atoms with Crippen molar-refractivity contribution < 1.29 is 9.90 Å². The number of carboxylic acids is 1. The lowest BCUT2D eigenvalue weighted by molar-refractivity contribution is -0.139. The van der Waals surface area contributed by atoms with Crippen LogP contribution < -0.4 is 5.32 Å². The normalized spacial score (nSPS) is 12.4. The van der Waals surface area contributed by atoms with Crippen LogP contribution in [-0.4, -0.2) is 23.7 Å². The number of nitrogens with one attached hydrogen (secondary N) is 1. The molecular weight excluding hydrogens is 166 g/mol. The molecule has 0 spiro atoms. The Bertz CT molecular complexity index is 157. The van der Waals surface area contributed by atoms with Crippen LogP contribution in [0.1, 0.15) is 32.6 Å². The lowest BCUT2D eigenvalue weighted by atomic mass is 10.1. The van der Waals surface area contributed by atoms with Gasteiger partial charge in [0.25, 0.3) is 0 Å². The van der Waals surface area contributed by atoms with E-state index in [2.05, 4.69) is 11.9 Å². The molecule has 2 N–H and O–H groups in total. The van der Waals surface area contributed by atoms with Crippen molar-refractivity contribution in [2.75, 3.05) is 6.54 Å². The van der Waals surface area contributed by atoms with Crippen LogP contribution in [0.2, 0.25) is 0 Å². The highest BCUT2D eigenvalue weighted by molar-refractivity contribution is 5.73. The van der Waals surface area contributed by atoms with Gasteiger partial charge in [-0.2, -0.15) is 0 Å². The zero-order chi connectivity index (χ0) is 10.1. The van der Waals surface area contributed by atoms with Crippen LogP contribution in [0.4, 0.5) is 0 Å². The van der Waals surface area contributed by atoms with E-state index in [4.69, 9.17) is 5.11 Å². The quantitative estimate of drug-likeness (QED) is 0.448. The van der Waals surface area contributed by atoms with Crippen molar-refractivity contribution in [2.24, 2.45) is 0 Å². The summed E-state index contributed by atoms with van der Waals surface area (Å²) in [5.41, 5.74) is 0. The van der Waals surface area contributed by atoms with E-state index in [-0.39, 0.29) is 6.04 Å². The van der Waals surface area contributed by atoms with Gasteiger partial charge in [-0.15, -0.1) is 6.58 Å². The molecule has 0 bridgehead atoms. The molecule has 0 heterocycles. The molecular formula is C10H19NO2. The minimum Gasteiger partial charge on any atom is -0.480 e. The second kappa shape index (κ2) is 7.80. The summed E-state index contributed by atoms with van der Waals surface area (Å²) in [6.07, 6.45) is 5.33. The number of hydrogen-bond acceptors (Lipinski definition) is 2. The molecule has 0 rings (SSSR count). The van der Waals surface area contributed by atoms with Crippen LogP contribution in [0.25, 0.3) is 0 Å². The van der Waals surface area contributed by atoms with Crippen molar-refractivity contribution in [1.29, 1.82) is 0 Å². The van der Waals surface area contributed by atoms with Gasteiger partial charge in [-0.1, -0.05) is 19.4 Å². The molecule has 3 heteroatoms. The number of allylic oxidation sites excluding steroid dienone is 1. The molecule has 0 saturated carbocycles. The van der Waals surface area contributed by atoms with Crippen LogP contribution in [-0.2, 0) is 4.79 Å². The second-order valence-corrected chi connectivity index (χ2v) is 3.06. The van der Waals surface area contributed by atoms with E-state index < -0.39 is 5.97 Å². The Balaban J connectivity index is 3.56. The average molecular weight is 185 g/mol. The zero-order valence-electron chi connectivity index (χ0n) is 8.25. The predicted octanol–water partition coefficient (Wildman–Crippen LogP) is 1.80. The van der Waals surface area contributed by atoms with E-state index in [0.717, 1.165) is 25.8 Å². The molecule has 1 unspecified atom stereocenters. The minimum atomic E-state index is -0.750. The Morgan fingerprint density at radius 3 is 2.85 bits per heavy atom. The van der Waals surface area contributed by atoms with Gasteiger partial charge in [0, 0.05) is 0 Å². The summed E-state index contributed by atoms with van der Waals surface area (Å²) in [4.78, 5) is 10.7. The number of hydrogen-bond donors (Lipinski definition) is 2. The van der Waals surface area contributed by atoms with Crippen molar-refractivity contribution in [3.05, 3.63) is 12.7 Å². The highest BCUT2D eigenvalue weighted by atomic mass is 16.4. The minimum absolute atomic E-state index is 0.380. The third kappa shape index (κ3) is 6.34. The molecule has 0 radical (unpaired) electrons. The Kier molecular flexibility index (Phi) is 7.30. The molecule has 0 saturated heterocycles. The van der Waals surface area contributed by atoms with Crippen LogP contribution in [0.5, 0.6) is 0 Å². The fourth-order valence-corrected chi connectivity index (χ4v) is 1.12. The maximum atomic E-state index is 10.7. The van der Waals surface area contributed by atoms with Crippen LogP contribution in [0.15, 0.2) is 12.7 Å². The molecule has 3 nitrogen and oxygen atoms in total. The van der Waals surface area contributed by atoms with E-state index in [1.807, 2.05) is 13.0 Å². The maximum absolute atomic E-state index is 10.7. The summed E-state index contributed by atoms with van der Waals surface area (Å²) in [5.74, 6) is -0.750. The van der Waals surface area contributed by atoms with Gasteiger partial charge in [0.05, 0.1) is 0 Å².